The van der Waals surface area contributed by atoms with Gasteiger partial charge < -0.3 is 18.9 Å². The number of carbonyl (C=O) groups is 3. The Morgan fingerprint density at radius 1 is 1.23 bits per heavy atom. The van der Waals surface area contributed by atoms with Crippen LogP contribution in [0.5, 0.6) is 0 Å². The molecule has 146 valence electrons. The Morgan fingerprint density at radius 3 is 2.58 bits per heavy atom. The number of ether oxygens (including phenoxy) is 4. The van der Waals surface area contributed by atoms with E-state index in [2.05, 4.69) is 0 Å². The van der Waals surface area contributed by atoms with Crippen LogP contribution in [0.4, 0.5) is 0 Å². The number of rotatable bonds is 6. The summed E-state index contributed by atoms with van der Waals surface area (Å²) in [4.78, 5) is 38.3. The molecule has 2 atom stereocenters. The maximum atomic E-state index is 12.4. The van der Waals surface area contributed by atoms with Gasteiger partial charge in [-0.3, -0.25) is 9.69 Å². The normalized spacial score (nSPS) is 28.6. The van der Waals surface area contributed by atoms with Crippen LogP contribution in [0.1, 0.15) is 45.4 Å². The molecule has 26 heavy (non-hydrogen) atoms. The van der Waals surface area contributed by atoms with E-state index in [4.69, 9.17) is 18.9 Å². The predicted molar refractivity (Wildman–Crippen MR) is 89.2 cm³/mol. The van der Waals surface area contributed by atoms with E-state index in [1.54, 1.807) is 0 Å². The van der Waals surface area contributed by atoms with Crippen molar-refractivity contribution in [3.63, 3.8) is 0 Å². The fourth-order valence-corrected chi connectivity index (χ4v) is 3.76. The zero-order chi connectivity index (χ0) is 18.6. The zero-order valence-corrected chi connectivity index (χ0v) is 15.2. The van der Waals surface area contributed by atoms with Crippen molar-refractivity contribution in [1.82, 2.24) is 4.90 Å². The first-order valence-corrected chi connectivity index (χ1v) is 9.44. The summed E-state index contributed by atoms with van der Waals surface area (Å²) in [6.45, 7) is 4.55. The van der Waals surface area contributed by atoms with Crippen LogP contribution < -0.4 is 0 Å². The molecule has 0 bridgehead atoms. The molecule has 0 N–H and O–H groups in total. The lowest BCUT2D eigenvalue weighted by Gasteiger charge is -2.28. The number of morpholine rings is 1. The van der Waals surface area contributed by atoms with E-state index < -0.39 is 35.7 Å². The number of hydrogen-bond donors (Lipinski definition) is 0. The Hall–Kier alpha value is -1.67. The van der Waals surface area contributed by atoms with E-state index in [0.717, 1.165) is 32.1 Å². The van der Waals surface area contributed by atoms with Gasteiger partial charge in [-0.1, -0.05) is 6.92 Å². The molecule has 2 unspecified atom stereocenters. The Morgan fingerprint density at radius 2 is 1.92 bits per heavy atom. The summed E-state index contributed by atoms with van der Waals surface area (Å²) in [5.74, 6) is -1.71. The van der Waals surface area contributed by atoms with E-state index in [0.29, 0.717) is 26.3 Å². The minimum atomic E-state index is -1.04. The Kier molecular flexibility index (Phi) is 6.13. The average molecular weight is 369 g/mol. The highest BCUT2D eigenvalue weighted by atomic mass is 16.6. The van der Waals surface area contributed by atoms with Gasteiger partial charge in [0.15, 0.2) is 0 Å². The van der Waals surface area contributed by atoms with Crippen LogP contribution in [-0.4, -0.2) is 73.5 Å². The summed E-state index contributed by atoms with van der Waals surface area (Å²) in [5.41, 5.74) is -0.436. The summed E-state index contributed by atoms with van der Waals surface area (Å²) < 4.78 is 21.2. The number of cyclic esters (lactones) is 1. The Bertz CT molecular complexity index is 538. The fraction of sp³-hybridized carbons (Fsp3) is 0.833. The van der Waals surface area contributed by atoms with Crippen LogP contribution in [-0.2, 0) is 33.3 Å². The number of hydrogen-bond acceptors (Lipinski definition) is 8. The standard InChI is InChI=1S/C18H27NO7/c1-2-18(5-3-4-6-18)26-17(22)14-11-13(16(21)25-14)24-15(20)12-19-7-9-23-10-8-19/h13-14H,2-12H2,1H3. The Labute approximate surface area is 153 Å². The van der Waals surface area contributed by atoms with Gasteiger partial charge in [0.25, 0.3) is 0 Å². The molecule has 8 heteroatoms. The van der Waals surface area contributed by atoms with Gasteiger partial charge in [-0.2, -0.15) is 0 Å². The van der Waals surface area contributed by atoms with E-state index in [1.165, 1.54) is 0 Å². The highest BCUT2D eigenvalue weighted by molar-refractivity contribution is 5.87. The zero-order valence-electron chi connectivity index (χ0n) is 15.2. The smallest absolute Gasteiger partial charge is 0.348 e. The highest BCUT2D eigenvalue weighted by Crippen LogP contribution is 2.37. The van der Waals surface area contributed by atoms with Crippen molar-refractivity contribution in [3.8, 4) is 0 Å². The van der Waals surface area contributed by atoms with Crippen molar-refractivity contribution in [2.75, 3.05) is 32.8 Å². The number of carbonyl (C=O) groups excluding carboxylic acids is 3. The molecule has 0 amide bonds. The minimum absolute atomic E-state index is 0.0202. The van der Waals surface area contributed by atoms with Crippen LogP contribution >= 0.6 is 0 Å². The average Bonchev–Trinajstić information content (AvgIpc) is 3.23. The van der Waals surface area contributed by atoms with Gasteiger partial charge in [-0.25, -0.2) is 9.59 Å². The van der Waals surface area contributed by atoms with Crippen molar-refractivity contribution in [3.05, 3.63) is 0 Å². The third kappa shape index (κ3) is 4.54. The summed E-state index contributed by atoms with van der Waals surface area (Å²) >= 11 is 0. The second kappa shape index (κ2) is 8.35. The maximum Gasteiger partial charge on any atom is 0.348 e. The van der Waals surface area contributed by atoms with Crippen LogP contribution in [0.25, 0.3) is 0 Å². The molecule has 2 aliphatic heterocycles. The molecule has 0 aromatic heterocycles. The first-order valence-electron chi connectivity index (χ1n) is 9.44. The van der Waals surface area contributed by atoms with Gasteiger partial charge in [0.2, 0.25) is 12.2 Å². The van der Waals surface area contributed by atoms with Gasteiger partial charge >= 0.3 is 17.9 Å². The molecular weight excluding hydrogens is 342 g/mol. The van der Waals surface area contributed by atoms with Gasteiger partial charge in [0.05, 0.1) is 19.8 Å². The van der Waals surface area contributed by atoms with Gasteiger partial charge in [-0.15, -0.1) is 0 Å². The SMILES string of the molecule is CCC1(OC(=O)C2CC(OC(=O)CN3CCOCC3)C(=O)O2)CCCC1. The molecule has 2 saturated heterocycles. The fourth-order valence-electron chi connectivity index (χ4n) is 3.76. The van der Waals surface area contributed by atoms with Gasteiger partial charge in [0, 0.05) is 19.5 Å². The van der Waals surface area contributed by atoms with E-state index in [9.17, 15) is 14.4 Å². The largest absolute Gasteiger partial charge is 0.456 e. The molecule has 1 saturated carbocycles. The van der Waals surface area contributed by atoms with Gasteiger partial charge in [0.1, 0.15) is 5.60 Å². The molecule has 0 radical (unpaired) electrons. The first kappa shape index (κ1) is 19.1. The minimum Gasteiger partial charge on any atom is -0.456 e. The third-order valence-electron chi connectivity index (χ3n) is 5.42. The second-order valence-corrected chi connectivity index (χ2v) is 7.19. The maximum absolute atomic E-state index is 12.4. The molecule has 0 aromatic carbocycles. The summed E-state index contributed by atoms with van der Waals surface area (Å²) in [7, 11) is 0. The Balaban J connectivity index is 1.48. The summed E-state index contributed by atoms with van der Waals surface area (Å²) in [5, 5.41) is 0. The molecule has 3 aliphatic rings. The van der Waals surface area contributed by atoms with Crippen molar-refractivity contribution in [2.24, 2.45) is 0 Å². The van der Waals surface area contributed by atoms with E-state index in [1.807, 2.05) is 11.8 Å². The molecule has 3 rings (SSSR count). The number of nitrogens with zero attached hydrogens (tertiary/aromatic N) is 1. The first-order chi connectivity index (χ1) is 12.5. The van der Waals surface area contributed by atoms with Crippen molar-refractivity contribution in [1.29, 1.82) is 0 Å². The highest BCUT2D eigenvalue weighted by Gasteiger charge is 2.45. The van der Waals surface area contributed by atoms with E-state index >= 15 is 0 Å². The van der Waals surface area contributed by atoms with E-state index in [-0.39, 0.29) is 13.0 Å². The van der Waals surface area contributed by atoms with Gasteiger partial charge in [-0.05, 0) is 32.1 Å². The monoisotopic (exact) mass is 369 g/mol. The van der Waals surface area contributed by atoms with Crippen molar-refractivity contribution in [2.45, 2.75) is 63.3 Å². The molecule has 1 aliphatic carbocycles. The van der Waals surface area contributed by atoms with Crippen LogP contribution in [0.15, 0.2) is 0 Å². The van der Waals surface area contributed by atoms with Crippen molar-refractivity contribution < 1.29 is 33.3 Å². The lowest BCUT2D eigenvalue weighted by Crippen LogP contribution is -2.41. The predicted octanol–water partition coefficient (Wildman–Crippen LogP) is 0.812. The molecule has 8 nitrogen and oxygen atoms in total. The molecule has 2 heterocycles. The lowest BCUT2D eigenvalue weighted by molar-refractivity contribution is -0.175. The lowest BCUT2D eigenvalue weighted by atomic mass is 9.98. The second-order valence-electron chi connectivity index (χ2n) is 7.19. The molecule has 0 aromatic rings. The summed E-state index contributed by atoms with van der Waals surface area (Å²) in [6, 6.07) is 0. The molecule has 0 spiro atoms. The summed E-state index contributed by atoms with van der Waals surface area (Å²) in [6.07, 6.45) is 2.49. The topological polar surface area (TPSA) is 91.4 Å². The molecular formula is C18H27NO7. The number of esters is 3. The van der Waals surface area contributed by atoms with Crippen molar-refractivity contribution >= 4 is 17.9 Å². The van der Waals surface area contributed by atoms with Crippen LogP contribution in [0.2, 0.25) is 0 Å². The molecule has 3 fully saturated rings. The van der Waals surface area contributed by atoms with Crippen LogP contribution in [0, 0.1) is 0 Å². The quantitative estimate of drug-likeness (QED) is 0.502. The third-order valence-corrected chi connectivity index (χ3v) is 5.42. The van der Waals surface area contributed by atoms with Crippen LogP contribution in [0.3, 0.4) is 0 Å².